The fourth-order valence-corrected chi connectivity index (χ4v) is 3.35. The molecule has 2 heteroatoms. The molecule has 0 saturated heterocycles. The topological polar surface area (TPSA) is 9.23 Å². The van der Waals surface area contributed by atoms with Gasteiger partial charge in [0.05, 0.1) is 0 Å². The van der Waals surface area contributed by atoms with Crippen LogP contribution >= 0.6 is 11.6 Å². The molecule has 1 aliphatic rings. The molecule has 0 heterocycles. The van der Waals surface area contributed by atoms with Gasteiger partial charge in [-0.05, 0) is 54.2 Å². The standard InChI is InChI=1S/C20H21ClO/c1-2-22-13-5-8-19-18-7-4-3-6-15(18)9-10-16-11-12-17(21)14-20(16)19/h3-4,6-7,9-12,14,19H,2,5,8,13H2,1H3. The van der Waals surface area contributed by atoms with E-state index in [1.165, 1.54) is 22.3 Å². The SMILES string of the molecule is CCOCCCC1c2ccccc2C=Cc2ccc(Cl)cc21. The van der Waals surface area contributed by atoms with Gasteiger partial charge in [-0.25, -0.2) is 0 Å². The number of benzene rings is 2. The van der Waals surface area contributed by atoms with E-state index in [1.807, 2.05) is 13.0 Å². The third-order valence-corrected chi connectivity index (χ3v) is 4.46. The highest BCUT2D eigenvalue weighted by Crippen LogP contribution is 2.38. The molecule has 1 aliphatic carbocycles. The molecule has 0 fully saturated rings. The van der Waals surface area contributed by atoms with E-state index in [0.29, 0.717) is 5.92 Å². The summed E-state index contributed by atoms with van der Waals surface area (Å²) in [6.45, 7) is 3.64. The van der Waals surface area contributed by atoms with Crippen LogP contribution < -0.4 is 0 Å². The minimum Gasteiger partial charge on any atom is -0.382 e. The van der Waals surface area contributed by atoms with Crippen molar-refractivity contribution in [3.05, 3.63) is 69.7 Å². The highest BCUT2D eigenvalue weighted by atomic mass is 35.5. The molecule has 3 rings (SSSR count). The lowest BCUT2D eigenvalue weighted by Crippen LogP contribution is -2.06. The number of hydrogen-bond donors (Lipinski definition) is 0. The van der Waals surface area contributed by atoms with Crippen LogP contribution in [-0.4, -0.2) is 13.2 Å². The van der Waals surface area contributed by atoms with Gasteiger partial charge in [0.1, 0.15) is 0 Å². The molecular weight excluding hydrogens is 292 g/mol. The number of fused-ring (bicyclic) bond motifs is 2. The molecule has 1 atom stereocenters. The van der Waals surface area contributed by atoms with Gasteiger partial charge in [-0.3, -0.25) is 0 Å². The third-order valence-electron chi connectivity index (χ3n) is 4.22. The van der Waals surface area contributed by atoms with Crippen molar-refractivity contribution in [2.75, 3.05) is 13.2 Å². The van der Waals surface area contributed by atoms with Gasteiger partial charge in [-0.15, -0.1) is 0 Å². The van der Waals surface area contributed by atoms with Gasteiger partial charge >= 0.3 is 0 Å². The normalized spacial score (nSPS) is 16.0. The Bertz CT molecular complexity index is 675. The van der Waals surface area contributed by atoms with Crippen molar-refractivity contribution in [3.8, 4) is 0 Å². The van der Waals surface area contributed by atoms with Crippen LogP contribution in [0.3, 0.4) is 0 Å². The second-order valence-corrected chi connectivity index (χ2v) is 6.06. The van der Waals surface area contributed by atoms with Crippen molar-refractivity contribution >= 4 is 23.8 Å². The van der Waals surface area contributed by atoms with E-state index >= 15 is 0 Å². The van der Waals surface area contributed by atoms with Gasteiger partial charge in [0.15, 0.2) is 0 Å². The van der Waals surface area contributed by atoms with Crippen molar-refractivity contribution in [3.63, 3.8) is 0 Å². The lowest BCUT2D eigenvalue weighted by atomic mass is 9.84. The summed E-state index contributed by atoms with van der Waals surface area (Å²) in [5.41, 5.74) is 5.28. The Morgan fingerprint density at radius 3 is 2.59 bits per heavy atom. The Morgan fingerprint density at radius 2 is 1.77 bits per heavy atom. The fourth-order valence-electron chi connectivity index (χ4n) is 3.17. The molecule has 1 nitrogen and oxygen atoms in total. The Balaban J connectivity index is 1.98. The monoisotopic (exact) mass is 312 g/mol. The van der Waals surface area contributed by atoms with Crippen molar-refractivity contribution in [2.45, 2.75) is 25.7 Å². The molecular formula is C20H21ClO. The van der Waals surface area contributed by atoms with E-state index in [-0.39, 0.29) is 0 Å². The minimum atomic E-state index is 0.375. The van der Waals surface area contributed by atoms with E-state index < -0.39 is 0 Å². The second kappa shape index (κ2) is 7.13. The van der Waals surface area contributed by atoms with E-state index in [1.54, 1.807) is 0 Å². The van der Waals surface area contributed by atoms with E-state index in [2.05, 4.69) is 48.6 Å². The maximum atomic E-state index is 6.26. The highest BCUT2D eigenvalue weighted by molar-refractivity contribution is 6.30. The molecule has 0 aromatic heterocycles. The molecule has 0 amide bonds. The predicted molar refractivity (Wildman–Crippen MR) is 94.4 cm³/mol. The fraction of sp³-hybridized carbons (Fsp3) is 0.300. The zero-order valence-electron chi connectivity index (χ0n) is 12.9. The summed E-state index contributed by atoms with van der Waals surface area (Å²) in [6.07, 6.45) is 6.54. The van der Waals surface area contributed by atoms with Crippen molar-refractivity contribution in [2.24, 2.45) is 0 Å². The molecule has 22 heavy (non-hydrogen) atoms. The summed E-state index contributed by atoms with van der Waals surface area (Å²) < 4.78 is 5.51. The first kappa shape index (κ1) is 15.3. The van der Waals surface area contributed by atoms with Crippen LogP contribution in [0.1, 0.15) is 47.9 Å². The zero-order valence-corrected chi connectivity index (χ0v) is 13.6. The van der Waals surface area contributed by atoms with E-state index in [9.17, 15) is 0 Å². The number of halogens is 1. The van der Waals surface area contributed by atoms with Crippen LogP contribution in [0, 0.1) is 0 Å². The molecule has 2 aromatic carbocycles. The molecule has 0 radical (unpaired) electrons. The van der Waals surface area contributed by atoms with Crippen molar-refractivity contribution < 1.29 is 4.74 Å². The van der Waals surface area contributed by atoms with Crippen LogP contribution in [0.4, 0.5) is 0 Å². The smallest absolute Gasteiger partial charge is 0.0466 e. The summed E-state index contributed by atoms with van der Waals surface area (Å²) >= 11 is 6.26. The van der Waals surface area contributed by atoms with Gasteiger partial charge in [0.25, 0.3) is 0 Å². The molecule has 0 spiro atoms. The first-order chi connectivity index (χ1) is 10.8. The minimum absolute atomic E-state index is 0.375. The zero-order chi connectivity index (χ0) is 15.4. The Morgan fingerprint density at radius 1 is 1.00 bits per heavy atom. The lowest BCUT2D eigenvalue weighted by Gasteiger charge is -2.20. The van der Waals surface area contributed by atoms with E-state index in [4.69, 9.17) is 16.3 Å². The molecule has 0 bridgehead atoms. The van der Waals surface area contributed by atoms with Crippen LogP contribution in [0.2, 0.25) is 5.02 Å². The lowest BCUT2D eigenvalue weighted by molar-refractivity contribution is 0.142. The van der Waals surface area contributed by atoms with Crippen LogP contribution in [0.25, 0.3) is 12.2 Å². The highest BCUT2D eigenvalue weighted by Gasteiger charge is 2.21. The summed E-state index contributed by atoms with van der Waals surface area (Å²) in [7, 11) is 0. The summed E-state index contributed by atoms with van der Waals surface area (Å²) in [6, 6.07) is 14.9. The van der Waals surface area contributed by atoms with Gasteiger partial charge < -0.3 is 4.74 Å². The summed E-state index contributed by atoms with van der Waals surface area (Å²) in [5, 5.41) is 0.807. The Labute approximate surface area is 137 Å². The maximum Gasteiger partial charge on any atom is 0.0466 e. The molecule has 114 valence electrons. The number of hydrogen-bond acceptors (Lipinski definition) is 1. The Kier molecular flexibility index (Phi) is 4.97. The summed E-state index contributed by atoms with van der Waals surface area (Å²) in [5.74, 6) is 0.375. The Hall–Kier alpha value is -1.57. The molecule has 2 aromatic rings. The third kappa shape index (κ3) is 3.26. The first-order valence-corrected chi connectivity index (χ1v) is 8.31. The second-order valence-electron chi connectivity index (χ2n) is 5.63. The molecule has 0 saturated carbocycles. The predicted octanol–water partition coefficient (Wildman–Crippen LogP) is 5.77. The van der Waals surface area contributed by atoms with Gasteiger partial charge in [0.2, 0.25) is 0 Å². The largest absolute Gasteiger partial charge is 0.382 e. The van der Waals surface area contributed by atoms with Crippen LogP contribution in [0.15, 0.2) is 42.5 Å². The van der Waals surface area contributed by atoms with Gasteiger partial charge in [-0.1, -0.05) is 54.1 Å². The quantitative estimate of drug-likeness (QED) is 0.637. The van der Waals surface area contributed by atoms with Crippen molar-refractivity contribution in [1.29, 1.82) is 0 Å². The number of ether oxygens (including phenoxy) is 1. The first-order valence-electron chi connectivity index (χ1n) is 7.94. The average Bonchev–Trinajstić information content (AvgIpc) is 2.69. The molecule has 0 N–H and O–H groups in total. The summed E-state index contributed by atoms with van der Waals surface area (Å²) in [4.78, 5) is 0. The van der Waals surface area contributed by atoms with Gasteiger partial charge in [0, 0.05) is 24.2 Å². The van der Waals surface area contributed by atoms with Crippen LogP contribution in [0.5, 0.6) is 0 Å². The molecule has 0 aliphatic heterocycles. The average molecular weight is 313 g/mol. The van der Waals surface area contributed by atoms with Crippen molar-refractivity contribution in [1.82, 2.24) is 0 Å². The van der Waals surface area contributed by atoms with Gasteiger partial charge in [-0.2, -0.15) is 0 Å². The van der Waals surface area contributed by atoms with Crippen LogP contribution in [-0.2, 0) is 4.74 Å². The maximum absolute atomic E-state index is 6.26. The molecule has 1 unspecified atom stereocenters. The number of rotatable bonds is 5. The van der Waals surface area contributed by atoms with E-state index in [0.717, 1.165) is 31.1 Å².